The first-order chi connectivity index (χ1) is 7.11. The average molecular weight is 205 g/mol. The molecule has 2 rings (SSSR count). The summed E-state index contributed by atoms with van der Waals surface area (Å²) in [5, 5.41) is 0. The van der Waals surface area contributed by atoms with Crippen molar-refractivity contribution >= 4 is 0 Å². The summed E-state index contributed by atoms with van der Waals surface area (Å²) in [6.45, 7) is 9.76. The SMILES string of the molecule is CC(C)c1cncc2c1C(C(C)C)CO2. The molecule has 82 valence electrons. The van der Waals surface area contributed by atoms with Gasteiger partial charge in [-0.25, -0.2) is 0 Å². The van der Waals surface area contributed by atoms with Crippen LogP contribution in [0, 0.1) is 5.92 Å². The molecule has 0 aliphatic carbocycles. The van der Waals surface area contributed by atoms with Gasteiger partial charge in [0.1, 0.15) is 5.75 Å². The third-order valence-electron chi connectivity index (χ3n) is 3.20. The fourth-order valence-electron chi connectivity index (χ4n) is 2.23. The molecular formula is C13H19NO. The van der Waals surface area contributed by atoms with E-state index in [-0.39, 0.29) is 0 Å². The van der Waals surface area contributed by atoms with E-state index in [0.29, 0.717) is 17.8 Å². The fraction of sp³-hybridized carbons (Fsp3) is 0.615. The van der Waals surface area contributed by atoms with Gasteiger partial charge in [-0.3, -0.25) is 4.98 Å². The molecule has 0 fully saturated rings. The van der Waals surface area contributed by atoms with Crippen LogP contribution in [-0.2, 0) is 0 Å². The maximum Gasteiger partial charge on any atom is 0.141 e. The molecule has 0 aromatic carbocycles. The van der Waals surface area contributed by atoms with Crippen LogP contribution < -0.4 is 4.74 Å². The summed E-state index contributed by atoms with van der Waals surface area (Å²) in [4.78, 5) is 4.25. The number of fused-ring (bicyclic) bond motifs is 1. The lowest BCUT2D eigenvalue weighted by molar-refractivity contribution is 0.303. The van der Waals surface area contributed by atoms with Crippen molar-refractivity contribution in [2.24, 2.45) is 5.92 Å². The molecule has 1 aliphatic rings. The molecular weight excluding hydrogens is 186 g/mol. The summed E-state index contributed by atoms with van der Waals surface area (Å²) in [6, 6.07) is 0. The molecule has 1 aromatic rings. The van der Waals surface area contributed by atoms with Crippen LogP contribution in [-0.4, -0.2) is 11.6 Å². The second kappa shape index (κ2) is 3.84. The number of rotatable bonds is 2. The summed E-state index contributed by atoms with van der Waals surface area (Å²) in [7, 11) is 0. The Morgan fingerprint density at radius 2 is 2.00 bits per heavy atom. The number of pyridine rings is 1. The zero-order valence-electron chi connectivity index (χ0n) is 9.95. The van der Waals surface area contributed by atoms with Gasteiger partial charge in [0.05, 0.1) is 12.8 Å². The Balaban J connectivity index is 2.48. The molecule has 0 saturated heterocycles. The number of ether oxygens (including phenoxy) is 1. The standard InChI is InChI=1S/C13H19NO/c1-8(2)10-5-14-6-12-13(10)11(7-15-12)9(3)4/h5-6,8-9,11H,7H2,1-4H3. The zero-order valence-corrected chi connectivity index (χ0v) is 9.95. The van der Waals surface area contributed by atoms with E-state index in [9.17, 15) is 0 Å². The highest BCUT2D eigenvalue weighted by Gasteiger charge is 2.30. The normalized spacial score (nSPS) is 19.5. The molecule has 2 heteroatoms. The van der Waals surface area contributed by atoms with Crippen molar-refractivity contribution in [1.29, 1.82) is 0 Å². The highest BCUT2D eigenvalue weighted by Crippen LogP contribution is 2.41. The van der Waals surface area contributed by atoms with Crippen molar-refractivity contribution in [3.8, 4) is 5.75 Å². The summed E-state index contributed by atoms with van der Waals surface area (Å²) in [5.74, 6) is 2.70. The Morgan fingerprint density at radius 3 is 2.60 bits per heavy atom. The minimum atomic E-state index is 0.524. The third-order valence-corrected chi connectivity index (χ3v) is 3.20. The second-order valence-electron chi connectivity index (χ2n) is 4.96. The van der Waals surface area contributed by atoms with Gasteiger partial charge < -0.3 is 4.74 Å². The minimum absolute atomic E-state index is 0.524. The number of hydrogen-bond donors (Lipinski definition) is 0. The number of hydrogen-bond acceptors (Lipinski definition) is 2. The molecule has 0 radical (unpaired) electrons. The Bertz CT molecular complexity index is 358. The first-order valence-corrected chi connectivity index (χ1v) is 5.71. The van der Waals surface area contributed by atoms with Crippen molar-refractivity contribution in [3.63, 3.8) is 0 Å². The molecule has 1 aliphatic heterocycles. The predicted octanol–water partition coefficient (Wildman–Crippen LogP) is 3.34. The smallest absolute Gasteiger partial charge is 0.141 e. The Labute approximate surface area is 91.7 Å². The molecule has 2 nitrogen and oxygen atoms in total. The van der Waals surface area contributed by atoms with Gasteiger partial charge in [0.2, 0.25) is 0 Å². The zero-order chi connectivity index (χ0) is 11.0. The van der Waals surface area contributed by atoms with Crippen molar-refractivity contribution < 1.29 is 4.74 Å². The fourth-order valence-corrected chi connectivity index (χ4v) is 2.23. The van der Waals surface area contributed by atoms with Crippen LogP contribution in [0.15, 0.2) is 12.4 Å². The lowest BCUT2D eigenvalue weighted by Gasteiger charge is -2.17. The molecule has 0 saturated carbocycles. The quantitative estimate of drug-likeness (QED) is 0.738. The molecule has 15 heavy (non-hydrogen) atoms. The summed E-state index contributed by atoms with van der Waals surface area (Å²) in [6.07, 6.45) is 3.84. The van der Waals surface area contributed by atoms with Gasteiger partial charge in [-0.15, -0.1) is 0 Å². The minimum Gasteiger partial charge on any atom is -0.491 e. The van der Waals surface area contributed by atoms with Crippen molar-refractivity contribution in [3.05, 3.63) is 23.5 Å². The Hall–Kier alpha value is -1.05. The molecule has 0 amide bonds. The van der Waals surface area contributed by atoms with Gasteiger partial charge in [-0.1, -0.05) is 27.7 Å². The van der Waals surface area contributed by atoms with E-state index in [0.717, 1.165) is 12.4 Å². The molecule has 0 spiro atoms. The van der Waals surface area contributed by atoms with Crippen molar-refractivity contribution in [1.82, 2.24) is 4.98 Å². The van der Waals surface area contributed by atoms with E-state index in [1.54, 1.807) is 0 Å². The molecule has 0 N–H and O–H groups in total. The maximum absolute atomic E-state index is 5.70. The van der Waals surface area contributed by atoms with Gasteiger partial charge in [-0.2, -0.15) is 0 Å². The predicted molar refractivity (Wildman–Crippen MR) is 61.4 cm³/mol. The summed E-state index contributed by atoms with van der Waals surface area (Å²) >= 11 is 0. The molecule has 1 aromatic heterocycles. The van der Waals surface area contributed by atoms with E-state index >= 15 is 0 Å². The van der Waals surface area contributed by atoms with Gasteiger partial charge in [0.15, 0.2) is 0 Å². The number of aromatic nitrogens is 1. The molecule has 2 heterocycles. The lowest BCUT2D eigenvalue weighted by atomic mass is 9.85. The summed E-state index contributed by atoms with van der Waals surface area (Å²) in [5.41, 5.74) is 2.75. The third kappa shape index (κ3) is 1.73. The van der Waals surface area contributed by atoms with Crippen LogP contribution in [0.5, 0.6) is 5.75 Å². The van der Waals surface area contributed by atoms with Gasteiger partial charge in [-0.05, 0) is 17.4 Å². The largest absolute Gasteiger partial charge is 0.491 e. The molecule has 1 atom stereocenters. The van der Waals surface area contributed by atoms with Crippen LogP contribution in [0.1, 0.15) is 50.7 Å². The Kier molecular flexibility index (Phi) is 2.68. The van der Waals surface area contributed by atoms with E-state index in [1.807, 2.05) is 12.4 Å². The first kappa shape index (κ1) is 10.5. The van der Waals surface area contributed by atoms with Crippen molar-refractivity contribution in [2.75, 3.05) is 6.61 Å². The van der Waals surface area contributed by atoms with E-state index in [2.05, 4.69) is 32.7 Å². The van der Waals surface area contributed by atoms with Crippen LogP contribution in [0.4, 0.5) is 0 Å². The van der Waals surface area contributed by atoms with Crippen LogP contribution >= 0.6 is 0 Å². The number of nitrogens with zero attached hydrogens (tertiary/aromatic N) is 1. The summed E-state index contributed by atoms with van der Waals surface area (Å²) < 4.78 is 5.70. The van der Waals surface area contributed by atoms with Gasteiger partial charge in [0.25, 0.3) is 0 Å². The van der Waals surface area contributed by atoms with Crippen LogP contribution in [0.2, 0.25) is 0 Å². The van der Waals surface area contributed by atoms with Crippen molar-refractivity contribution in [2.45, 2.75) is 39.5 Å². The molecule has 1 unspecified atom stereocenters. The van der Waals surface area contributed by atoms with E-state index in [4.69, 9.17) is 4.74 Å². The van der Waals surface area contributed by atoms with Crippen LogP contribution in [0.3, 0.4) is 0 Å². The Morgan fingerprint density at radius 1 is 1.27 bits per heavy atom. The van der Waals surface area contributed by atoms with Gasteiger partial charge in [0, 0.05) is 17.7 Å². The van der Waals surface area contributed by atoms with E-state index in [1.165, 1.54) is 11.1 Å². The van der Waals surface area contributed by atoms with Gasteiger partial charge >= 0.3 is 0 Å². The molecule has 0 bridgehead atoms. The van der Waals surface area contributed by atoms with Crippen LogP contribution in [0.25, 0.3) is 0 Å². The lowest BCUT2D eigenvalue weighted by Crippen LogP contribution is -2.10. The monoisotopic (exact) mass is 205 g/mol. The second-order valence-corrected chi connectivity index (χ2v) is 4.96. The highest BCUT2D eigenvalue weighted by atomic mass is 16.5. The maximum atomic E-state index is 5.70. The average Bonchev–Trinajstić information content (AvgIpc) is 2.60. The highest BCUT2D eigenvalue weighted by molar-refractivity contribution is 5.44. The topological polar surface area (TPSA) is 22.1 Å². The first-order valence-electron chi connectivity index (χ1n) is 5.71. The van der Waals surface area contributed by atoms with E-state index < -0.39 is 0 Å².